The van der Waals surface area contributed by atoms with Crippen LogP contribution in [0.1, 0.15) is 38.7 Å². The molecule has 1 aliphatic heterocycles. The molecule has 0 unspecified atom stereocenters. The maximum Gasteiger partial charge on any atom is 0.168 e. The third-order valence-corrected chi connectivity index (χ3v) is 5.76. The molecule has 0 amide bonds. The van der Waals surface area contributed by atoms with Gasteiger partial charge in [0.05, 0.1) is 5.92 Å². The number of nitrogens with zero attached hydrogens (tertiary/aromatic N) is 4. The second kappa shape index (κ2) is 3.64. The molecule has 2 saturated carbocycles. The minimum Gasteiger partial charge on any atom is -0.368 e. The van der Waals surface area contributed by atoms with Gasteiger partial charge in [0.25, 0.3) is 0 Å². The average Bonchev–Trinajstić information content (AvgIpc) is 2.69. The molecular weight excluding hydrogens is 264 g/mol. The van der Waals surface area contributed by atoms with Gasteiger partial charge in [-0.05, 0) is 38.0 Å². The molecule has 0 spiro atoms. The van der Waals surface area contributed by atoms with Gasteiger partial charge >= 0.3 is 0 Å². The van der Waals surface area contributed by atoms with Crippen LogP contribution in [0.25, 0.3) is 0 Å². The minimum atomic E-state index is -0.901. The normalized spacial score (nSPS) is 39.0. The van der Waals surface area contributed by atoms with E-state index in [1.807, 2.05) is 26.8 Å². The fourth-order valence-electron chi connectivity index (χ4n) is 4.75. The van der Waals surface area contributed by atoms with E-state index in [0.717, 1.165) is 17.8 Å². The Morgan fingerprint density at radius 1 is 1.24 bits per heavy atom. The van der Waals surface area contributed by atoms with Gasteiger partial charge in [-0.15, -0.1) is 0 Å². The topological polar surface area (TPSA) is 61.6 Å². The first-order chi connectivity index (χ1) is 9.75. The Morgan fingerprint density at radius 2 is 1.95 bits per heavy atom. The highest BCUT2D eigenvalue weighted by molar-refractivity contribution is 5.91. The van der Waals surface area contributed by atoms with Gasteiger partial charge in [0.1, 0.15) is 5.82 Å². The highest BCUT2D eigenvalue weighted by Gasteiger charge is 2.75. The molecule has 0 bridgehead atoms. The Bertz CT molecular complexity index is 648. The summed E-state index contributed by atoms with van der Waals surface area (Å²) < 4.78 is 0. The molecule has 5 nitrogen and oxygen atoms in total. The van der Waals surface area contributed by atoms with Crippen molar-refractivity contribution in [1.29, 1.82) is 0 Å². The van der Waals surface area contributed by atoms with Crippen LogP contribution < -0.4 is 5.01 Å². The Morgan fingerprint density at radius 3 is 2.62 bits per heavy atom. The van der Waals surface area contributed by atoms with Gasteiger partial charge in [-0.1, -0.05) is 13.8 Å². The van der Waals surface area contributed by atoms with Crippen LogP contribution in [0.5, 0.6) is 0 Å². The molecule has 112 valence electrons. The van der Waals surface area contributed by atoms with E-state index in [-0.39, 0.29) is 5.92 Å². The van der Waals surface area contributed by atoms with Crippen molar-refractivity contribution < 1.29 is 5.11 Å². The summed E-state index contributed by atoms with van der Waals surface area (Å²) >= 11 is 0. The highest BCUT2D eigenvalue weighted by Crippen LogP contribution is 2.73. The van der Waals surface area contributed by atoms with Gasteiger partial charge in [-0.3, -0.25) is 0 Å². The monoisotopic (exact) mass is 286 g/mol. The van der Waals surface area contributed by atoms with Crippen LogP contribution >= 0.6 is 0 Å². The first kappa shape index (κ1) is 13.2. The molecule has 2 heterocycles. The van der Waals surface area contributed by atoms with Crippen LogP contribution in [0.4, 0.5) is 5.82 Å². The third kappa shape index (κ3) is 1.53. The molecule has 1 aromatic heterocycles. The number of rotatable bonds is 1. The third-order valence-electron chi connectivity index (χ3n) is 5.76. The zero-order chi connectivity index (χ0) is 15.2. The van der Waals surface area contributed by atoms with E-state index in [1.165, 1.54) is 0 Å². The fourth-order valence-corrected chi connectivity index (χ4v) is 4.75. The SMILES string of the molecule is CC1=NN(c2cc(C)nc(C)n2)[C@]2(O)C[C@@H]3[C@H]([C@H]12)C3(C)C. The maximum atomic E-state index is 11.3. The summed E-state index contributed by atoms with van der Waals surface area (Å²) in [5.74, 6) is 2.69. The van der Waals surface area contributed by atoms with E-state index in [1.54, 1.807) is 5.01 Å². The summed E-state index contributed by atoms with van der Waals surface area (Å²) in [4.78, 5) is 8.79. The first-order valence-electron chi connectivity index (χ1n) is 7.65. The molecule has 0 aromatic carbocycles. The second-order valence-electron chi connectivity index (χ2n) is 7.48. The fraction of sp³-hybridized carbons (Fsp3) is 0.688. The van der Waals surface area contributed by atoms with Crippen molar-refractivity contribution in [3.05, 3.63) is 17.6 Å². The predicted molar refractivity (Wildman–Crippen MR) is 80.9 cm³/mol. The zero-order valence-electron chi connectivity index (χ0n) is 13.3. The lowest BCUT2D eigenvalue weighted by Crippen LogP contribution is -2.49. The summed E-state index contributed by atoms with van der Waals surface area (Å²) in [6, 6.07) is 1.90. The molecule has 21 heavy (non-hydrogen) atoms. The van der Waals surface area contributed by atoms with Crippen molar-refractivity contribution in [3.63, 3.8) is 0 Å². The lowest BCUT2D eigenvalue weighted by molar-refractivity contribution is 0.00614. The van der Waals surface area contributed by atoms with Crippen LogP contribution in [0.2, 0.25) is 0 Å². The summed E-state index contributed by atoms with van der Waals surface area (Å²) in [5.41, 5.74) is 1.37. The van der Waals surface area contributed by atoms with Crippen molar-refractivity contribution in [2.24, 2.45) is 28.3 Å². The molecule has 3 aliphatic rings. The summed E-state index contributed by atoms with van der Waals surface area (Å²) in [7, 11) is 0. The van der Waals surface area contributed by atoms with Crippen LogP contribution in [-0.4, -0.2) is 26.5 Å². The van der Waals surface area contributed by atoms with Crippen LogP contribution in [-0.2, 0) is 0 Å². The summed E-state index contributed by atoms with van der Waals surface area (Å²) in [6.45, 7) is 10.5. The van der Waals surface area contributed by atoms with Gasteiger partial charge < -0.3 is 5.11 Å². The Balaban J connectivity index is 1.76. The van der Waals surface area contributed by atoms with Crippen molar-refractivity contribution in [1.82, 2.24) is 9.97 Å². The molecular formula is C16H22N4O. The van der Waals surface area contributed by atoms with Crippen molar-refractivity contribution in [2.45, 2.75) is 46.8 Å². The summed E-state index contributed by atoms with van der Waals surface area (Å²) in [5, 5.41) is 17.7. The van der Waals surface area contributed by atoms with Gasteiger partial charge in [-0.25, -0.2) is 15.0 Å². The standard InChI is InChI=1S/C16H22N4O/c1-8-6-12(18-10(3)17-8)20-16(21)7-11-14(15(11,4)5)13(16)9(2)19-20/h6,11,13-14,21H,7H2,1-5H3/t11-,13+,14-,16+/m1/s1. The second-order valence-corrected chi connectivity index (χ2v) is 7.48. The number of fused-ring (bicyclic) bond motifs is 3. The van der Waals surface area contributed by atoms with Gasteiger partial charge in [0, 0.05) is 23.9 Å². The van der Waals surface area contributed by atoms with E-state index in [0.29, 0.717) is 28.9 Å². The molecule has 2 fully saturated rings. The Kier molecular flexibility index (Phi) is 2.28. The number of aryl methyl sites for hydroxylation is 2. The quantitative estimate of drug-likeness (QED) is 0.860. The number of aromatic nitrogens is 2. The van der Waals surface area contributed by atoms with Crippen molar-refractivity contribution in [3.8, 4) is 0 Å². The molecule has 2 aliphatic carbocycles. The maximum absolute atomic E-state index is 11.3. The molecule has 5 heteroatoms. The van der Waals surface area contributed by atoms with Gasteiger partial charge in [0.2, 0.25) is 0 Å². The largest absolute Gasteiger partial charge is 0.368 e. The zero-order valence-corrected chi connectivity index (χ0v) is 13.3. The number of hydrazone groups is 1. The van der Waals surface area contributed by atoms with E-state index in [2.05, 4.69) is 28.9 Å². The molecule has 4 rings (SSSR count). The number of hydrogen-bond donors (Lipinski definition) is 1. The molecule has 0 saturated heterocycles. The number of anilines is 1. The van der Waals surface area contributed by atoms with Gasteiger partial charge in [0.15, 0.2) is 11.5 Å². The Labute approximate surface area is 125 Å². The van der Waals surface area contributed by atoms with Crippen molar-refractivity contribution in [2.75, 3.05) is 5.01 Å². The number of aliphatic hydroxyl groups is 1. The summed E-state index contributed by atoms with van der Waals surface area (Å²) in [6.07, 6.45) is 0.776. The van der Waals surface area contributed by atoms with Crippen LogP contribution in [0, 0.1) is 37.0 Å². The van der Waals surface area contributed by atoms with E-state index in [4.69, 9.17) is 0 Å². The molecule has 4 atom stereocenters. The molecule has 0 radical (unpaired) electrons. The molecule has 1 aromatic rings. The lowest BCUT2D eigenvalue weighted by Gasteiger charge is -2.35. The predicted octanol–water partition coefficient (Wildman–Crippen LogP) is 2.27. The van der Waals surface area contributed by atoms with Crippen LogP contribution in [0.3, 0.4) is 0 Å². The van der Waals surface area contributed by atoms with Crippen molar-refractivity contribution >= 4 is 11.5 Å². The van der Waals surface area contributed by atoms with Gasteiger partial charge in [-0.2, -0.15) is 5.10 Å². The molecule has 1 N–H and O–H groups in total. The first-order valence-corrected chi connectivity index (χ1v) is 7.65. The lowest BCUT2D eigenvalue weighted by atomic mass is 9.84. The minimum absolute atomic E-state index is 0.132. The van der Waals surface area contributed by atoms with E-state index in [9.17, 15) is 5.11 Å². The van der Waals surface area contributed by atoms with E-state index >= 15 is 0 Å². The average molecular weight is 286 g/mol. The Hall–Kier alpha value is -1.49. The van der Waals surface area contributed by atoms with E-state index < -0.39 is 5.72 Å². The van der Waals surface area contributed by atoms with Crippen LogP contribution in [0.15, 0.2) is 11.2 Å². The smallest absolute Gasteiger partial charge is 0.168 e. The highest BCUT2D eigenvalue weighted by atomic mass is 16.3. The number of hydrogen-bond acceptors (Lipinski definition) is 5.